The number of amides is 4. The second-order valence-corrected chi connectivity index (χ2v) is 10.4. The van der Waals surface area contributed by atoms with E-state index in [0.29, 0.717) is 57.1 Å². The summed E-state index contributed by atoms with van der Waals surface area (Å²) in [7, 11) is 3.87. The van der Waals surface area contributed by atoms with Gasteiger partial charge in [-0.2, -0.15) is 0 Å². The molecule has 0 radical (unpaired) electrons. The molecule has 1 aromatic carbocycles. The van der Waals surface area contributed by atoms with Gasteiger partial charge < -0.3 is 20.1 Å². The third-order valence-electron chi connectivity index (χ3n) is 7.33. The highest BCUT2D eigenvalue weighted by Crippen LogP contribution is 2.38. The number of aromatic amines is 1. The molecule has 8 heteroatoms. The van der Waals surface area contributed by atoms with Crippen molar-refractivity contribution >= 4 is 28.7 Å². The fourth-order valence-corrected chi connectivity index (χ4v) is 5.25. The molecule has 34 heavy (non-hydrogen) atoms. The molecule has 0 bridgehead atoms. The molecule has 2 aromatic rings. The van der Waals surface area contributed by atoms with Crippen molar-refractivity contribution in [2.24, 2.45) is 11.8 Å². The number of piperidine rings is 1. The lowest BCUT2D eigenvalue weighted by Gasteiger charge is -2.41. The minimum Gasteiger partial charge on any atom is -0.351 e. The van der Waals surface area contributed by atoms with E-state index in [1.165, 1.54) is 4.90 Å². The molecule has 0 aliphatic carbocycles. The number of imide groups is 1. The summed E-state index contributed by atoms with van der Waals surface area (Å²) in [4.78, 5) is 48.1. The molecular formula is C26H37N5O3. The molecule has 2 aliphatic rings. The Balaban J connectivity index is 1.48. The van der Waals surface area contributed by atoms with E-state index >= 15 is 0 Å². The van der Waals surface area contributed by atoms with Crippen molar-refractivity contribution in [3.8, 4) is 0 Å². The Hall–Kier alpha value is -2.87. The van der Waals surface area contributed by atoms with E-state index in [1.54, 1.807) is 0 Å². The fourth-order valence-electron chi connectivity index (χ4n) is 5.25. The highest BCUT2D eigenvalue weighted by molar-refractivity contribution is 6.07. The summed E-state index contributed by atoms with van der Waals surface area (Å²) in [5.41, 5.74) is 0.670. The van der Waals surface area contributed by atoms with Crippen LogP contribution in [-0.2, 0) is 4.79 Å². The number of nitrogens with zero attached hydrogens (tertiary/aromatic N) is 3. The van der Waals surface area contributed by atoms with Crippen LogP contribution in [0.2, 0.25) is 0 Å². The van der Waals surface area contributed by atoms with E-state index in [-0.39, 0.29) is 23.8 Å². The first-order chi connectivity index (χ1) is 16.2. The second kappa shape index (κ2) is 9.78. The number of benzene rings is 1. The van der Waals surface area contributed by atoms with Crippen molar-refractivity contribution in [3.05, 3.63) is 36.0 Å². The molecule has 2 fully saturated rings. The van der Waals surface area contributed by atoms with Crippen LogP contribution in [0.5, 0.6) is 0 Å². The highest BCUT2D eigenvalue weighted by Gasteiger charge is 2.55. The van der Waals surface area contributed by atoms with Gasteiger partial charge in [-0.25, -0.2) is 4.79 Å². The largest absolute Gasteiger partial charge is 0.351 e. The Morgan fingerprint density at radius 1 is 1.18 bits per heavy atom. The van der Waals surface area contributed by atoms with Crippen LogP contribution in [0.4, 0.5) is 4.79 Å². The summed E-state index contributed by atoms with van der Waals surface area (Å²) in [6.07, 6.45) is 2.88. The monoisotopic (exact) mass is 467 g/mol. The van der Waals surface area contributed by atoms with E-state index in [4.69, 9.17) is 0 Å². The van der Waals surface area contributed by atoms with Crippen LogP contribution < -0.4 is 5.32 Å². The molecule has 4 amide bonds. The number of carbonyl (C=O) groups excluding carboxylic acids is 3. The van der Waals surface area contributed by atoms with Crippen molar-refractivity contribution < 1.29 is 14.4 Å². The molecule has 2 saturated heterocycles. The number of likely N-dealkylation sites (N-methyl/N-ethyl adjacent to an activating group) is 1. The topological polar surface area (TPSA) is 88.8 Å². The van der Waals surface area contributed by atoms with Crippen molar-refractivity contribution in [2.75, 3.05) is 40.3 Å². The van der Waals surface area contributed by atoms with Gasteiger partial charge in [0.05, 0.1) is 0 Å². The zero-order chi connectivity index (χ0) is 24.5. The summed E-state index contributed by atoms with van der Waals surface area (Å²) in [5.74, 6) is 0.334. The molecule has 2 aliphatic heterocycles. The molecule has 8 nitrogen and oxygen atoms in total. The molecule has 1 atom stereocenters. The smallest absolute Gasteiger partial charge is 0.325 e. The first-order valence-electron chi connectivity index (χ1n) is 12.4. The minimum absolute atomic E-state index is 0.0128. The molecule has 0 spiro atoms. The van der Waals surface area contributed by atoms with Crippen LogP contribution in [0.3, 0.4) is 0 Å². The number of carbonyl (C=O) groups is 3. The van der Waals surface area contributed by atoms with Gasteiger partial charge in [0.15, 0.2) is 0 Å². The summed E-state index contributed by atoms with van der Waals surface area (Å²) >= 11 is 0. The SMILES string of the molecule is CC(C)CCC1(C2CCN(C(=O)c3cc4ccccc4[nH]3)CC2)NC(=O)N(CCN(C)C)C1=O. The number of aromatic nitrogens is 1. The fraction of sp³-hybridized carbons (Fsp3) is 0.577. The maximum atomic E-state index is 13.6. The average molecular weight is 468 g/mol. The number of para-hydroxylation sites is 1. The van der Waals surface area contributed by atoms with Gasteiger partial charge in [0.2, 0.25) is 0 Å². The van der Waals surface area contributed by atoms with E-state index in [2.05, 4.69) is 24.1 Å². The van der Waals surface area contributed by atoms with E-state index in [1.807, 2.05) is 54.2 Å². The zero-order valence-electron chi connectivity index (χ0n) is 20.8. The number of nitrogens with one attached hydrogen (secondary N) is 2. The summed E-state index contributed by atoms with van der Waals surface area (Å²) < 4.78 is 0. The lowest BCUT2D eigenvalue weighted by Crippen LogP contribution is -2.56. The van der Waals surface area contributed by atoms with Gasteiger partial charge in [-0.15, -0.1) is 0 Å². The van der Waals surface area contributed by atoms with Crippen molar-refractivity contribution in [2.45, 2.75) is 45.1 Å². The number of fused-ring (bicyclic) bond motifs is 1. The molecule has 0 saturated carbocycles. The summed E-state index contributed by atoms with van der Waals surface area (Å²) in [5, 5.41) is 4.14. The van der Waals surface area contributed by atoms with Gasteiger partial charge in [0, 0.05) is 37.1 Å². The number of hydrogen-bond acceptors (Lipinski definition) is 4. The van der Waals surface area contributed by atoms with Gasteiger partial charge in [-0.3, -0.25) is 14.5 Å². The average Bonchev–Trinajstić information content (AvgIpc) is 3.35. The van der Waals surface area contributed by atoms with Crippen LogP contribution in [0.25, 0.3) is 10.9 Å². The third-order valence-corrected chi connectivity index (χ3v) is 7.33. The molecular weight excluding hydrogens is 430 g/mol. The first-order valence-corrected chi connectivity index (χ1v) is 12.4. The normalized spacial score (nSPS) is 21.8. The molecule has 2 N–H and O–H groups in total. The molecule has 1 aromatic heterocycles. The van der Waals surface area contributed by atoms with E-state index in [0.717, 1.165) is 17.3 Å². The van der Waals surface area contributed by atoms with Gasteiger partial charge in [0.25, 0.3) is 11.8 Å². The predicted octanol–water partition coefficient (Wildman–Crippen LogP) is 3.31. The number of urea groups is 1. The highest BCUT2D eigenvalue weighted by atomic mass is 16.2. The quantitative estimate of drug-likeness (QED) is 0.583. The Morgan fingerprint density at radius 2 is 1.88 bits per heavy atom. The molecule has 184 valence electrons. The Labute approximate surface area is 201 Å². The van der Waals surface area contributed by atoms with Crippen molar-refractivity contribution in [3.63, 3.8) is 0 Å². The number of hydrogen-bond donors (Lipinski definition) is 2. The standard InChI is InChI=1S/C26H37N5O3/c1-18(2)9-12-26(24(33)31(25(34)28-26)16-15-29(3)4)20-10-13-30(14-11-20)23(32)22-17-19-7-5-6-8-21(19)27-22/h5-8,17-18,20,27H,9-16H2,1-4H3,(H,28,34). The summed E-state index contributed by atoms with van der Waals surface area (Å²) in [6, 6.07) is 9.48. The predicted molar refractivity (Wildman–Crippen MR) is 133 cm³/mol. The number of rotatable bonds is 8. The Bertz CT molecular complexity index is 1020. The number of likely N-dealkylation sites (tertiary alicyclic amines) is 1. The minimum atomic E-state index is -0.871. The van der Waals surface area contributed by atoms with Crippen LogP contribution in [0.1, 0.15) is 50.0 Å². The first kappa shape index (κ1) is 24.3. The molecule has 1 unspecified atom stereocenters. The zero-order valence-corrected chi connectivity index (χ0v) is 20.8. The maximum Gasteiger partial charge on any atom is 0.325 e. The molecule has 4 rings (SSSR count). The van der Waals surface area contributed by atoms with Gasteiger partial charge in [0.1, 0.15) is 11.2 Å². The lowest BCUT2D eigenvalue weighted by atomic mass is 9.74. The van der Waals surface area contributed by atoms with Gasteiger partial charge >= 0.3 is 6.03 Å². The van der Waals surface area contributed by atoms with E-state index in [9.17, 15) is 14.4 Å². The molecule has 3 heterocycles. The Morgan fingerprint density at radius 3 is 2.53 bits per heavy atom. The Kier molecular flexibility index (Phi) is 6.98. The van der Waals surface area contributed by atoms with Gasteiger partial charge in [-0.05, 0) is 63.7 Å². The van der Waals surface area contributed by atoms with Crippen LogP contribution in [0, 0.1) is 11.8 Å². The van der Waals surface area contributed by atoms with Crippen LogP contribution in [-0.4, -0.2) is 83.3 Å². The van der Waals surface area contributed by atoms with E-state index < -0.39 is 5.54 Å². The van der Waals surface area contributed by atoms with Crippen molar-refractivity contribution in [1.29, 1.82) is 0 Å². The number of H-pyrrole nitrogens is 1. The summed E-state index contributed by atoms with van der Waals surface area (Å²) in [6.45, 7) is 6.45. The van der Waals surface area contributed by atoms with Crippen molar-refractivity contribution in [1.82, 2.24) is 25.0 Å². The van der Waals surface area contributed by atoms with Crippen LogP contribution in [0.15, 0.2) is 30.3 Å². The maximum absolute atomic E-state index is 13.6. The van der Waals surface area contributed by atoms with Crippen LogP contribution >= 0.6 is 0 Å². The third kappa shape index (κ3) is 4.69. The second-order valence-electron chi connectivity index (χ2n) is 10.4. The lowest BCUT2D eigenvalue weighted by molar-refractivity contribution is -0.134. The van der Waals surface area contributed by atoms with Gasteiger partial charge in [-0.1, -0.05) is 32.0 Å².